The molecule has 86 valence electrons. The minimum absolute atomic E-state index is 1.19. The fourth-order valence-corrected chi connectivity index (χ4v) is 0.925. The van der Waals surface area contributed by atoms with Crippen LogP contribution in [0.3, 0.4) is 0 Å². The number of rotatable bonds is 2. The highest BCUT2D eigenvalue weighted by molar-refractivity contribution is 5.56. The first-order chi connectivity index (χ1) is 7.24. The summed E-state index contributed by atoms with van der Waals surface area (Å²) in [4.78, 5) is 3.12. The molecule has 0 fully saturated rings. The van der Waals surface area contributed by atoms with E-state index >= 15 is 0 Å². The fourth-order valence-electron chi connectivity index (χ4n) is 0.925. The zero-order valence-electron chi connectivity index (χ0n) is 11.0. The number of H-pyrrole nitrogens is 1. The molecule has 0 atom stereocenters. The van der Waals surface area contributed by atoms with E-state index in [9.17, 15) is 0 Å². The summed E-state index contributed by atoms with van der Waals surface area (Å²) in [5, 5.41) is 0. The van der Waals surface area contributed by atoms with Crippen LogP contribution in [0.2, 0.25) is 0 Å². The molecule has 0 bridgehead atoms. The number of aromatic nitrogens is 1. The van der Waals surface area contributed by atoms with Gasteiger partial charge in [0, 0.05) is 11.9 Å². The van der Waals surface area contributed by atoms with Gasteiger partial charge in [0.25, 0.3) is 0 Å². The molecule has 0 amide bonds. The van der Waals surface area contributed by atoms with Crippen LogP contribution in [-0.2, 0) is 0 Å². The van der Waals surface area contributed by atoms with Crippen LogP contribution in [0, 0.1) is 6.92 Å². The number of nitrogens with one attached hydrogen (secondary N) is 1. The molecule has 1 nitrogen and oxygen atoms in total. The van der Waals surface area contributed by atoms with Crippen LogP contribution in [0.1, 0.15) is 45.9 Å². The topological polar surface area (TPSA) is 15.8 Å². The Morgan fingerprint density at radius 1 is 1.27 bits per heavy atom. The second-order valence-electron chi connectivity index (χ2n) is 2.65. The van der Waals surface area contributed by atoms with Crippen molar-refractivity contribution in [3.05, 3.63) is 41.7 Å². The van der Waals surface area contributed by atoms with E-state index in [2.05, 4.69) is 30.6 Å². The molecule has 0 aliphatic rings. The molecule has 0 aliphatic carbocycles. The van der Waals surface area contributed by atoms with Crippen LogP contribution in [0.15, 0.2) is 30.5 Å². The van der Waals surface area contributed by atoms with Gasteiger partial charge in [-0.15, -0.1) is 0 Å². The smallest absolute Gasteiger partial charge is 0.0189 e. The Hall–Kier alpha value is -1.24. The van der Waals surface area contributed by atoms with E-state index in [1.165, 1.54) is 16.8 Å². The first-order valence-electron chi connectivity index (χ1n) is 5.68. The van der Waals surface area contributed by atoms with Crippen molar-refractivity contribution in [3.63, 3.8) is 0 Å². The number of aryl methyl sites for hydroxylation is 1. The molecule has 0 saturated heterocycles. The Morgan fingerprint density at radius 3 is 2.13 bits per heavy atom. The van der Waals surface area contributed by atoms with Gasteiger partial charge in [-0.2, -0.15) is 0 Å². The second-order valence-corrected chi connectivity index (χ2v) is 2.65. The molecule has 0 spiro atoms. The van der Waals surface area contributed by atoms with E-state index in [1.54, 1.807) is 0 Å². The van der Waals surface area contributed by atoms with E-state index in [0.717, 1.165) is 0 Å². The zero-order valence-corrected chi connectivity index (χ0v) is 11.0. The number of allylic oxidation sites excluding steroid dienone is 2. The van der Waals surface area contributed by atoms with Crippen molar-refractivity contribution in [3.8, 4) is 0 Å². The van der Waals surface area contributed by atoms with E-state index < -0.39 is 0 Å². The molecule has 0 unspecified atom stereocenters. The quantitative estimate of drug-likeness (QED) is 0.659. The highest BCUT2D eigenvalue weighted by Gasteiger charge is 1.92. The lowest BCUT2D eigenvalue weighted by atomic mass is 10.2. The monoisotopic (exact) mass is 207 g/mol. The van der Waals surface area contributed by atoms with Crippen molar-refractivity contribution in [2.75, 3.05) is 0 Å². The SMILES string of the molecule is C=C/C(C)=C\c1cc[nH]c1C.CC.CC. The summed E-state index contributed by atoms with van der Waals surface area (Å²) in [6.07, 6.45) is 5.91. The molecule has 1 rings (SSSR count). The lowest BCUT2D eigenvalue weighted by molar-refractivity contribution is 1.26. The summed E-state index contributed by atoms with van der Waals surface area (Å²) < 4.78 is 0. The van der Waals surface area contributed by atoms with E-state index in [0.29, 0.717) is 0 Å². The van der Waals surface area contributed by atoms with Crippen molar-refractivity contribution in [2.24, 2.45) is 0 Å². The van der Waals surface area contributed by atoms with Crippen LogP contribution < -0.4 is 0 Å². The number of aromatic amines is 1. The van der Waals surface area contributed by atoms with Gasteiger partial charge in [-0.25, -0.2) is 0 Å². The molecule has 1 heterocycles. The maximum Gasteiger partial charge on any atom is 0.0189 e. The second kappa shape index (κ2) is 10.8. The lowest BCUT2D eigenvalue weighted by Gasteiger charge is -1.91. The highest BCUT2D eigenvalue weighted by Crippen LogP contribution is 2.10. The average molecular weight is 207 g/mol. The normalized spacial score (nSPS) is 9.33. The number of hydrogen-bond acceptors (Lipinski definition) is 0. The van der Waals surface area contributed by atoms with Crippen molar-refractivity contribution in [2.45, 2.75) is 41.5 Å². The van der Waals surface area contributed by atoms with Crippen LogP contribution in [-0.4, -0.2) is 4.98 Å². The molecule has 0 radical (unpaired) electrons. The number of hydrogen-bond donors (Lipinski definition) is 1. The molecule has 15 heavy (non-hydrogen) atoms. The lowest BCUT2D eigenvalue weighted by Crippen LogP contribution is -1.74. The molecular weight excluding hydrogens is 182 g/mol. The first kappa shape index (κ1) is 16.2. The fraction of sp³-hybridized carbons (Fsp3) is 0.429. The average Bonchev–Trinajstić information content (AvgIpc) is 2.70. The van der Waals surface area contributed by atoms with Gasteiger partial charge < -0.3 is 4.98 Å². The predicted octanol–water partition coefficient (Wildman–Crippen LogP) is 4.96. The molecule has 1 heteroatoms. The summed E-state index contributed by atoms with van der Waals surface area (Å²) in [6, 6.07) is 2.06. The van der Waals surface area contributed by atoms with Gasteiger partial charge in [-0.1, -0.05) is 52.0 Å². The molecular formula is C14H25N. The van der Waals surface area contributed by atoms with Crippen molar-refractivity contribution < 1.29 is 0 Å². The van der Waals surface area contributed by atoms with E-state index in [1.807, 2.05) is 46.9 Å². The van der Waals surface area contributed by atoms with Crippen LogP contribution >= 0.6 is 0 Å². The molecule has 0 aromatic carbocycles. The van der Waals surface area contributed by atoms with Gasteiger partial charge in [0.1, 0.15) is 0 Å². The molecule has 0 saturated carbocycles. The van der Waals surface area contributed by atoms with Crippen molar-refractivity contribution in [1.29, 1.82) is 0 Å². The van der Waals surface area contributed by atoms with Gasteiger partial charge in [0.15, 0.2) is 0 Å². The molecule has 1 N–H and O–H groups in total. The van der Waals surface area contributed by atoms with Crippen LogP contribution in [0.25, 0.3) is 6.08 Å². The van der Waals surface area contributed by atoms with Crippen LogP contribution in [0.5, 0.6) is 0 Å². The van der Waals surface area contributed by atoms with Crippen molar-refractivity contribution >= 4 is 6.08 Å². The first-order valence-corrected chi connectivity index (χ1v) is 5.68. The van der Waals surface area contributed by atoms with Crippen molar-refractivity contribution in [1.82, 2.24) is 4.98 Å². The van der Waals surface area contributed by atoms with E-state index in [4.69, 9.17) is 0 Å². The summed E-state index contributed by atoms with van der Waals surface area (Å²) in [7, 11) is 0. The van der Waals surface area contributed by atoms with Gasteiger partial charge in [0.2, 0.25) is 0 Å². The summed E-state index contributed by atoms with van der Waals surface area (Å²) >= 11 is 0. The molecule has 0 aliphatic heterocycles. The largest absolute Gasteiger partial charge is 0.365 e. The molecule has 1 aromatic heterocycles. The third-order valence-electron chi connectivity index (χ3n) is 1.70. The predicted molar refractivity (Wildman–Crippen MR) is 72.1 cm³/mol. The van der Waals surface area contributed by atoms with Gasteiger partial charge in [-0.05, 0) is 25.5 Å². The zero-order chi connectivity index (χ0) is 12.3. The molecule has 1 aromatic rings. The van der Waals surface area contributed by atoms with Gasteiger partial charge >= 0.3 is 0 Å². The Bertz CT molecular complexity index is 279. The standard InChI is InChI=1S/C10H13N.2C2H6/c1-4-8(2)7-10-5-6-11-9(10)3;2*1-2/h4-7,11H,1H2,2-3H3;2*1-2H3/b8-7-;;. The minimum atomic E-state index is 1.19. The third kappa shape index (κ3) is 6.78. The highest BCUT2D eigenvalue weighted by atomic mass is 14.7. The van der Waals surface area contributed by atoms with E-state index in [-0.39, 0.29) is 0 Å². The maximum atomic E-state index is 3.69. The Kier molecular flexibility index (Phi) is 11.7. The Labute approximate surface area is 94.9 Å². The summed E-state index contributed by atoms with van der Waals surface area (Å²) in [6.45, 7) is 15.8. The Balaban J connectivity index is 0. The maximum absolute atomic E-state index is 3.69. The third-order valence-corrected chi connectivity index (χ3v) is 1.70. The Morgan fingerprint density at radius 2 is 1.80 bits per heavy atom. The van der Waals surface area contributed by atoms with Gasteiger partial charge in [0.05, 0.1) is 0 Å². The van der Waals surface area contributed by atoms with Crippen LogP contribution in [0.4, 0.5) is 0 Å². The summed E-state index contributed by atoms with van der Waals surface area (Å²) in [5.74, 6) is 0. The summed E-state index contributed by atoms with van der Waals surface area (Å²) in [5.41, 5.74) is 3.63. The van der Waals surface area contributed by atoms with Gasteiger partial charge in [-0.3, -0.25) is 0 Å². The minimum Gasteiger partial charge on any atom is -0.365 e.